The normalized spacial score (nSPS) is 16.5. The van der Waals surface area contributed by atoms with E-state index >= 15 is 0 Å². The molecule has 0 saturated carbocycles. The Morgan fingerprint density at radius 2 is 2.36 bits per heavy atom. The van der Waals surface area contributed by atoms with Crippen LogP contribution in [0, 0.1) is 0 Å². The fourth-order valence-electron chi connectivity index (χ4n) is 2.91. The minimum Gasteiger partial charge on any atom is -0.486 e. The summed E-state index contributed by atoms with van der Waals surface area (Å²) in [4.78, 5) is 12.5. The van der Waals surface area contributed by atoms with Crippen LogP contribution in [0.3, 0.4) is 0 Å². The lowest BCUT2D eigenvalue weighted by Gasteiger charge is -2.26. The summed E-state index contributed by atoms with van der Waals surface area (Å²) in [5.74, 6) is 0.837. The van der Waals surface area contributed by atoms with Gasteiger partial charge in [0.1, 0.15) is 17.5 Å². The van der Waals surface area contributed by atoms with Crippen molar-refractivity contribution in [2.75, 3.05) is 20.3 Å². The minimum absolute atomic E-state index is 0.0324. The van der Waals surface area contributed by atoms with E-state index in [2.05, 4.69) is 16.8 Å². The van der Waals surface area contributed by atoms with E-state index in [4.69, 9.17) is 9.47 Å². The van der Waals surface area contributed by atoms with Gasteiger partial charge in [-0.1, -0.05) is 19.1 Å². The molecule has 0 radical (unpaired) electrons. The molecule has 1 unspecified atom stereocenters. The molecule has 5 nitrogen and oxygen atoms in total. The Morgan fingerprint density at radius 1 is 1.50 bits per heavy atom. The molecule has 1 N–H and O–H groups in total. The highest BCUT2D eigenvalue weighted by Crippen LogP contribution is 2.34. The lowest BCUT2D eigenvalue weighted by molar-refractivity contribution is 0.0933. The summed E-state index contributed by atoms with van der Waals surface area (Å²) in [5.41, 5.74) is 1.73. The number of methoxy groups -OCH3 is 1. The van der Waals surface area contributed by atoms with E-state index in [9.17, 15) is 4.79 Å². The van der Waals surface area contributed by atoms with Crippen LogP contribution < -0.4 is 10.1 Å². The van der Waals surface area contributed by atoms with E-state index in [1.165, 1.54) is 0 Å². The number of aromatic nitrogens is 1. The number of amides is 1. The Kier molecular flexibility index (Phi) is 4.34. The number of carbonyl (C=O) groups excluding carboxylic acids is 1. The zero-order valence-electron chi connectivity index (χ0n) is 13.1. The number of hydrogen-bond donors (Lipinski definition) is 1. The molecule has 2 heterocycles. The van der Waals surface area contributed by atoms with Crippen LogP contribution in [0.5, 0.6) is 5.75 Å². The molecule has 1 aromatic heterocycles. The van der Waals surface area contributed by atoms with Crippen molar-refractivity contribution in [1.29, 1.82) is 0 Å². The third-order valence-corrected chi connectivity index (χ3v) is 4.06. The predicted octanol–water partition coefficient (Wildman–Crippen LogP) is 2.58. The first-order chi connectivity index (χ1) is 10.7. The Bertz CT molecular complexity index is 678. The van der Waals surface area contributed by atoms with Crippen LogP contribution in [0.1, 0.15) is 30.3 Å². The van der Waals surface area contributed by atoms with Crippen LogP contribution in [0.2, 0.25) is 0 Å². The molecule has 0 fully saturated rings. The first-order valence-corrected chi connectivity index (χ1v) is 7.80. The number of benzene rings is 1. The molecule has 118 valence electrons. The van der Waals surface area contributed by atoms with Crippen molar-refractivity contribution in [3.05, 3.63) is 30.0 Å². The van der Waals surface area contributed by atoms with E-state index in [0.717, 1.165) is 36.0 Å². The summed E-state index contributed by atoms with van der Waals surface area (Å²) >= 11 is 0. The van der Waals surface area contributed by atoms with E-state index < -0.39 is 0 Å². The van der Waals surface area contributed by atoms with Crippen LogP contribution in [-0.2, 0) is 11.3 Å². The monoisotopic (exact) mass is 302 g/mol. The largest absolute Gasteiger partial charge is 0.486 e. The highest BCUT2D eigenvalue weighted by atomic mass is 16.5. The van der Waals surface area contributed by atoms with Crippen molar-refractivity contribution >= 4 is 16.8 Å². The summed E-state index contributed by atoms with van der Waals surface area (Å²) in [7, 11) is 1.66. The summed E-state index contributed by atoms with van der Waals surface area (Å²) in [6.45, 7) is 4.09. The lowest BCUT2D eigenvalue weighted by atomic mass is 10.2. The molecule has 1 aliphatic heterocycles. The Hall–Kier alpha value is -2.01. The molecule has 1 aliphatic rings. The van der Waals surface area contributed by atoms with Crippen LogP contribution in [0.25, 0.3) is 10.9 Å². The Balaban J connectivity index is 1.88. The summed E-state index contributed by atoms with van der Waals surface area (Å²) in [6.07, 6.45) is 1.85. The van der Waals surface area contributed by atoms with E-state index in [1.807, 2.05) is 24.3 Å². The van der Waals surface area contributed by atoms with Gasteiger partial charge in [-0.3, -0.25) is 4.79 Å². The number of para-hydroxylation sites is 1. The fourth-order valence-corrected chi connectivity index (χ4v) is 2.91. The van der Waals surface area contributed by atoms with Gasteiger partial charge in [0, 0.05) is 25.6 Å². The van der Waals surface area contributed by atoms with Gasteiger partial charge in [-0.2, -0.15) is 0 Å². The minimum atomic E-state index is -0.0324. The van der Waals surface area contributed by atoms with Gasteiger partial charge in [0.2, 0.25) is 0 Å². The summed E-state index contributed by atoms with van der Waals surface area (Å²) in [5, 5.41) is 4.02. The Labute approximate surface area is 130 Å². The second-order valence-electron chi connectivity index (χ2n) is 5.58. The number of rotatable bonds is 6. The quantitative estimate of drug-likeness (QED) is 0.834. The first kappa shape index (κ1) is 14.9. The van der Waals surface area contributed by atoms with Crippen LogP contribution in [0.4, 0.5) is 0 Å². The fraction of sp³-hybridized carbons (Fsp3) is 0.471. The molecular weight excluding hydrogens is 280 g/mol. The lowest BCUT2D eigenvalue weighted by Crippen LogP contribution is -2.32. The SMILES string of the molecule is CCC1Cn2c(C(=O)NCCCOC)cc3cccc(c32)O1. The van der Waals surface area contributed by atoms with Crippen molar-refractivity contribution in [2.45, 2.75) is 32.4 Å². The van der Waals surface area contributed by atoms with Crippen molar-refractivity contribution < 1.29 is 14.3 Å². The number of hydrogen-bond acceptors (Lipinski definition) is 3. The summed E-state index contributed by atoms with van der Waals surface area (Å²) < 4.78 is 13.1. The van der Waals surface area contributed by atoms with Gasteiger partial charge >= 0.3 is 0 Å². The molecule has 22 heavy (non-hydrogen) atoms. The average molecular weight is 302 g/mol. The van der Waals surface area contributed by atoms with E-state index in [1.54, 1.807) is 7.11 Å². The van der Waals surface area contributed by atoms with Crippen molar-refractivity contribution in [1.82, 2.24) is 9.88 Å². The predicted molar refractivity (Wildman–Crippen MR) is 85.5 cm³/mol. The van der Waals surface area contributed by atoms with Crippen LogP contribution in [0.15, 0.2) is 24.3 Å². The van der Waals surface area contributed by atoms with E-state index in [0.29, 0.717) is 18.8 Å². The molecular formula is C17H22N2O3. The smallest absolute Gasteiger partial charge is 0.267 e. The molecule has 0 aliphatic carbocycles. The molecule has 0 bridgehead atoms. The topological polar surface area (TPSA) is 52.5 Å². The Morgan fingerprint density at radius 3 is 3.14 bits per heavy atom. The van der Waals surface area contributed by atoms with Gasteiger partial charge < -0.3 is 19.4 Å². The number of carbonyl (C=O) groups is 1. The van der Waals surface area contributed by atoms with Crippen LogP contribution >= 0.6 is 0 Å². The van der Waals surface area contributed by atoms with Crippen LogP contribution in [-0.4, -0.2) is 36.8 Å². The van der Waals surface area contributed by atoms with Gasteiger partial charge in [-0.05, 0) is 25.0 Å². The molecule has 1 atom stereocenters. The zero-order valence-corrected chi connectivity index (χ0v) is 13.1. The van der Waals surface area contributed by atoms with Crippen molar-refractivity contribution in [2.24, 2.45) is 0 Å². The zero-order chi connectivity index (χ0) is 15.5. The van der Waals surface area contributed by atoms with Gasteiger partial charge in [0.05, 0.1) is 12.1 Å². The highest BCUT2D eigenvalue weighted by Gasteiger charge is 2.25. The van der Waals surface area contributed by atoms with E-state index in [-0.39, 0.29) is 12.0 Å². The molecule has 1 amide bonds. The van der Waals surface area contributed by atoms with Crippen molar-refractivity contribution in [3.8, 4) is 5.75 Å². The maximum atomic E-state index is 12.5. The highest BCUT2D eigenvalue weighted by molar-refractivity contribution is 6.00. The average Bonchev–Trinajstić information content (AvgIpc) is 2.92. The molecule has 0 spiro atoms. The number of nitrogens with zero attached hydrogens (tertiary/aromatic N) is 1. The molecule has 2 aromatic rings. The van der Waals surface area contributed by atoms with Gasteiger partial charge in [-0.25, -0.2) is 0 Å². The standard InChI is InChI=1S/C17H22N2O3/c1-3-13-11-19-14(17(20)18-8-5-9-21-2)10-12-6-4-7-15(22-13)16(12)19/h4,6-7,10,13H,3,5,8-9,11H2,1-2H3,(H,18,20). The maximum Gasteiger partial charge on any atom is 0.267 e. The molecule has 3 rings (SSSR count). The molecule has 5 heteroatoms. The van der Waals surface area contributed by atoms with Crippen molar-refractivity contribution in [3.63, 3.8) is 0 Å². The van der Waals surface area contributed by atoms with Gasteiger partial charge in [0.25, 0.3) is 5.91 Å². The third kappa shape index (κ3) is 2.68. The molecule has 0 saturated heterocycles. The summed E-state index contributed by atoms with van der Waals surface area (Å²) in [6, 6.07) is 7.92. The second kappa shape index (κ2) is 6.40. The first-order valence-electron chi connectivity index (χ1n) is 7.80. The number of ether oxygens (including phenoxy) is 2. The van der Waals surface area contributed by atoms with Gasteiger partial charge in [0.15, 0.2) is 0 Å². The number of nitrogens with one attached hydrogen (secondary N) is 1. The van der Waals surface area contributed by atoms with Gasteiger partial charge in [-0.15, -0.1) is 0 Å². The third-order valence-electron chi connectivity index (χ3n) is 4.06. The second-order valence-corrected chi connectivity index (χ2v) is 5.58. The maximum absolute atomic E-state index is 12.5. The molecule has 1 aromatic carbocycles.